The Morgan fingerprint density at radius 1 is 0.955 bits per heavy atom. The first-order valence-corrected chi connectivity index (χ1v) is 8.18. The lowest BCUT2D eigenvalue weighted by Crippen LogP contribution is -2.19. The van der Waals surface area contributed by atoms with E-state index in [-0.39, 0.29) is 12.6 Å². The second-order valence-electron chi connectivity index (χ2n) is 5.52. The van der Waals surface area contributed by atoms with Crippen LogP contribution in [0.25, 0.3) is 0 Å². The van der Waals surface area contributed by atoms with Crippen LogP contribution in [0.3, 0.4) is 0 Å². The standard InChI is InChI=1S/C18H34O4/c1-8-19-16(6)21-12-15(5)10-11-18(14(3)4)13-22-17(7)20-9-2/h10,16-18H,3,8-9,11-13H2,1-2,4-7H3/b15-10+/t16?,17?,18-/m1/s1. The van der Waals surface area contributed by atoms with Crippen LogP contribution < -0.4 is 0 Å². The Hall–Kier alpha value is -0.680. The van der Waals surface area contributed by atoms with Crippen LogP contribution in [0.2, 0.25) is 0 Å². The molecule has 0 aliphatic rings. The van der Waals surface area contributed by atoms with Gasteiger partial charge in [-0.2, -0.15) is 0 Å². The zero-order valence-electron chi connectivity index (χ0n) is 15.2. The summed E-state index contributed by atoms with van der Waals surface area (Å²) in [5.41, 5.74) is 2.31. The molecule has 22 heavy (non-hydrogen) atoms. The van der Waals surface area contributed by atoms with Crippen LogP contribution >= 0.6 is 0 Å². The lowest BCUT2D eigenvalue weighted by molar-refractivity contribution is -0.132. The van der Waals surface area contributed by atoms with Crippen LogP contribution in [-0.4, -0.2) is 39.0 Å². The van der Waals surface area contributed by atoms with Crippen molar-refractivity contribution in [3.63, 3.8) is 0 Å². The summed E-state index contributed by atoms with van der Waals surface area (Å²) in [5, 5.41) is 0. The van der Waals surface area contributed by atoms with Gasteiger partial charge >= 0.3 is 0 Å². The highest BCUT2D eigenvalue weighted by atomic mass is 16.7. The zero-order chi connectivity index (χ0) is 17.0. The largest absolute Gasteiger partial charge is 0.353 e. The molecule has 0 heterocycles. The topological polar surface area (TPSA) is 36.9 Å². The summed E-state index contributed by atoms with van der Waals surface area (Å²) in [6, 6.07) is 0. The van der Waals surface area contributed by atoms with Crippen molar-refractivity contribution in [1.82, 2.24) is 0 Å². The van der Waals surface area contributed by atoms with Crippen molar-refractivity contribution in [2.45, 2.75) is 60.5 Å². The van der Waals surface area contributed by atoms with Gasteiger partial charge in [-0.3, -0.25) is 0 Å². The van der Waals surface area contributed by atoms with Crippen molar-refractivity contribution in [2.24, 2.45) is 5.92 Å². The Morgan fingerprint density at radius 2 is 1.50 bits per heavy atom. The average molecular weight is 314 g/mol. The molecule has 3 atom stereocenters. The minimum atomic E-state index is -0.174. The first-order chi connectivity index (χ1) is 10.4. The summed E-state index contributed by atoms with van der Waals surface area (Å²) in [6.45, 7) is 18.4. The van der Waals surface area contributed by atoms with E-state index in [0.29, 0.717) is 32.3 Å². The van der Waals surface area contributed by atoms with Gasteiger partial charge in [0.15, 0.2) is 12.6 Å². The molecule has 130 valence electrons. The fourth-order valence-electron chi connectivity index (χ4n) is 1.88. The maximum atomic E-state index is 5.70. The maximum Gasteiger partial charge on any atom is 0.155 e. The molecule has 0 saturated carbocycles. The minimum Gasteiger partial charge on any atom is -0.353 e. The van der Waals surface area contributed by atoms with Crippen LogP contribution in [0.1, 0.15) is 48.0 Å². The minimum absolute atomic E-state index is 0.166. The predicted molar refractivity (Wildman–Crippen MR) is 90.8 cm³/mol. The Labute approximate surface area is 136 Å². The van der Waals surface area contributed by atoms with Gasteiger partial charge < -0.3 is 18.9 Å². The fourth-order valence-corrected chi connectivity index (χ4v) is 1.88. The molecule has 0 aliphatic carbocycles. The normalized spacial score (nSPS) is 16.4. The van der Waals surface area contributed by atoms with E-state index in [2.05, 4.69) is 19.6 Å². The molecule has 4 nitrogen and oxygen atoms in total. The lowest BCUT2D eigenvalue weighted by atomic mass is 9.98. The number of ether oxygens (including phenoxy) is 4. The third-order valence-corrected chi connectivity index (χ3v) is 3.33. The Kier molecular flexibility index (Phi) is 12.4. The van der Waals surface area contributed by atoms with Crippen LogP contribution in [0.4, 0.5) is 0 Å². The quantitative estimate of drug-likeness (QED) is 0.375. The molecule has 0 aromatic rings. The lowest BCUT2D eigenvalue weighted by Gasteiger charge is -2.19. The van der Waals surface area contributed by atoms with Crippen LogP contribution in [-0.2, 0) is 18.9 Å². The molecule has 2 unspecified atom stereocenters. The maximum absolute atomic E-state index is 5.70. The Morgan fingerprint density at radius 3 is 2.00 bits per heavy atom. The van der Waals surface area contributed by atoms with E-state index >= 15 is 0 Å². The number of allylic oxidation sites excluding steroid dienone is 1. The van der Waals surface area contributed by atoms with E-state index in [9.17, 15) is 0 Å². The number of rotatable bonds is 13. The van der Waals surface area contributed by atoms with Gasteiger partial charge in [0.2, 0.25) is 0 Å². The molecule has 0 spiro atoms. The van der Waals surface area contributed by atoms with Crippen LogP contribution in [0.15, 0.2) is 23.8 Å². The van der Waals surface area contributed by atoms with Crippen molar-refractivity contribution < 1.29 is 18.9 Å². The highest BCUT2D eigenvalue weighted by Crippen LogP contribution is 2.17. The molecule has 0 aliphatic heterocycles. The van der Waals surface area contributed by atoms with Gasteiger partial charge in [0, 0.05) is 19.1 Å². The first-order valence-electron chi connectivity index (χ1n) is 8.18. The molecule has 0 aromatic heterocycles. The third kappa shape index (κ3) is 11.0. The van der Waals surface area contributed by atoms with Gasteiger partial charge in [0.05, 0.1) is 13.2 Å². The molecule has 0 amide bonds. The summed E-state index contributed by atoms with van der Waals surface area (Å²) >= 11 is 0. The smallest absolute Gasteiger partial charge is 0.155 e. The van der Waals surface area contributed by atoms with E-state index in [1.54, 1.807) is 0 Å². The van der Waals surface area contributed by atoms with E-state index < -0.39 is 0 Å². The van der Waals surface area contributed by atoms with E-state index in [1.807, 2.05) is 34.6 Å². The monoisotopic (exact) mass is 314 g/mol. The Bertz CT molecular complexity index is 325. The van der Waals surface area contributed by atoms with Gasteiger partial charge in [0.1, 0.15) is 0 Å². The first kappa shape index (κ1) is 21.3. The van der Waals surface area contributed by atoms with Crippen LogP contribution in [0.5, 0.6) is 0 Å². The van der Waals surface area contributed by atoms with E-state index in [4.69, 9.17) is 18.9 Å². The summed E-state index contributed by atoms with van der Waals surface area (Å²) in [6.07, 6.45) is 2.74. The Balaban J connectivity index is 4.21. The average Bonchev–Trinajstić information content (AvgIpc) is 2.45. The van der Waals surface area contributed by atoms with Crippen molar-refractivity contribution in [2.75, 3.05) is 26.4 Å². The molecular weight excluding hydrogens is 280 g/mol. The molecule has 0 fully saturated rings. The van der Waals surface area contributed by atoms with Gasteiger partial charge in [-0.25, -0.2) is 0 Å². The fraction of sp³-hybridized carbons (Fsp3) is 0.778. The second kappa shape index (κ2) is 12.8. The molecule has 0 saturated heterocycles. The second-order valence-corrected chi connectivity index (χ2v) is 5.52. The molecule has 0 bridgehead atoms. The SMILES string of the molecule is C=C(C)[C@H](C/C=C(\C)COC(C)OCC)COC(C)OCC. The number of hydrogen-bond donors (Lipinski definition) is 0. The predicted octanol–water partition coefficient (Wildman–Crippen LogP) is 4.31. The van der Waals surface area contributed by atoms with Crippen molar-refractivity contribution in [3.05, 3.63) is 23.8 Å². The zero-order valence-corrected chi connectivity index (χ0v) is 15.2. The van der Waals surface area contributed by atoms with Crippen LogP contribution in [0, 0.1) is 5.92 Å². The summed E-state index contributed by atoms with van der Waals surface area (Å²) < 4.78 is 22.0. The third-order valence-electron chi connectivity index (χ3n) is 3.33. The van der Waals surface area contributed by atoms with Crippen molar-refractivity contribution >= 4 is 0 Å². The van der Waals surface area contributed by atoms with Gasteiger partial charge in [-0.15, -0.1) is 0 Å². The van der Waals surface area contributed by atoms with Gasteiger partial charge in [-0.05, 0) is 48.0 Å². The van der Waals surface area contributed by atoms with Gasteiger partial charge in [0.25, 0.3) is 0 Å². The molecule has 4 heteroatoms. The highest BCUT2D eigenvalue weighted by Gasteiger charge is 2.11. The van der Waals surface area contributed by atoms with Gasteiger partial charge in [-0.1, -0.05) is 23.8 Å². The van der Waals surface area contributed by atoms with Crippen molar-refractivity contribution in [3.8, 4) is 0 Å². The summed E-state index contributed by atoms with van der Waals surface area (Å²) in [5.74, 6) is 0.294. The van der Waals surface area contributed by atoms with Crippen molar-refractivity contribution in [1.29, 1.82) is 0 Å². The van der Waals surface area contributed by atoms with E-state index in [1.165, 1.54) is 5.57 Å². The molecule has 0 aromatic carbocycles. The molecular formula is C18H34O4. The highest BCUT2D eigenvalue weighted by molar-refractivity contribution is 5.05. The molecule has 0 radical (unpaired) electrons. The van der Waals surface area contributed by atoms with E-state index in [0.717, 1.165) is 12.0 Å². The molecule has 0 N–H and O–H groups in total. The summed E-state index contributed by atoms with van der Waals surface area (Å²) in [7, 11) is 0. The summed E-state index contributed by atoms with van der Waals surface area (Å²) in [4.78, 5) is 0. The number of hydrogen-bond acceptors (Lipinski definition) is 4. The molecule has 0 rings (SSSR count).